The van der Waals surface area contributed by atoms with E-state index in [2.05, 4.69) is 22.0 Å². The zero-order chi connectivity index (χ0) is 22.7. The Hall–Kier alpha value is -3.68. The lowest BCUT2D eigenvalue weighted by molar-refractivity contribution is -0.140. The van der Waals surface area contributed by atoms with E-state index < -0.39 is 12.1 Å². The van der Waals surface area contributed by atoms with E-state index in [4.69, 9.17) is 14.2 Å². The first-order valence-corrected chi connectivity index (χ1v) is 10.5. The summed E-state index contributed by atoms with van der Waals surface area (Å²) in [5.74, 6) is 0.387. The van der Waals surface area contributed by atoms with Crippen molar-refractivity contribution < 1.29 is 23.8 Å². The van der Waals surface area contributed by atoms with Crippen LogP contribution in [0.3, 0.4) is 0 Å². The molecule has 1 N–H and O–H groups in total. The Kier molecular flexibility index (Phi) is 6.20. The number of piperazine rings is 1. The lowest BCUT2D eigenvalue weighted by Crippen LogP contribution is -2.51. The van der Waals surface area contributed by atoms with Crippen LogP contribution in [-0.4, -0.2) is 68.3 Å². The number of nitrogens with zero attached hydrogens (tertiary/aromatic N) is 2. The monoisotopic (exact) mass is 437 g/mol. The number of hydrogen-bond donors (Lipinski definition) is 1. The zero-order valence-corrected chi connectivity index (χ0v) is 18.5. The van der Waals surface area contributed by atoms with Gasteiger partial charge in [0.2, 0.25) is 0 Å². The van der Waals surface area contributed by atoms with Gasteiger partial charge in [0.25, 0.3) is 5.91 Å². The molecule has 1 unspecified atom stereocenters. The predicted molar refractivity (Wildman–Crippen MR) is 122 cm³/mol. The van der Waals surface area contributed by atoms with Crippen LogP contribution in [0, 0.1) is 0 Å². The van der Waals surface area contributed by atoms with E-state index in [1.54, 1.807) is 44.2 Å². The molecule has 1 aliphatic rings. The van der Waals surface area contributed by atoms with Crippen molar-refractivity contribution in [3.05, 3.63) is 54.2 Å². The van der Waals surface area contributed by atoms with Gasteiger partial charge in [-0.15, -0.1) is 0 Å². The van der Waals surface area contributed by atoms with Gasteiger partial charge < -0.3 is 29.0 Å². The van der Waals surface area contributed by atoms with Gasteiger partial charge in [0, 0.05) is 43.3 Å². The number of para-hydroxylation sites is 1. The molecule has 2 heterocycles. The number of anilines is 1. The summed E-state index contributed by atoms with van der Waals surface area (Å²) in [5.41, 5.74) is 2.06. The minimum absolute atomic E-state index is 0.193. The highest BCUT2D eigenvalue weighted by Gasteiger charge is 2.28. The topological polar surface area (TPSA) is 84.1 Å². The van der Waals surface area contributed by atoms with Crippen molar-refractivity contribution >= 4 is 28.5 Å². The number of rotatable bonds is 6. The summed E-state index contributed by atoms with van der Waals surface area (Å²) in [7, 11) is 3.11. The summed E-state index contributed by atoms with van der Waals surface area (Å²) >= 11 is 0. The molecule has 0 bridgehead atoms. The molecule has 2 aromatic carbocycles. The molecule has 1 fully saturated rings. The van der Waals surface area contributed by atoms with Crippen molar-refractivity contribution in [2.24, 2.45) is 0 Å². The molecule has 1 aromatic heterocycles. The number of amides is 1. The summed E-state index contributed by atoms with van der Waals surface area (Å²) in [6.45, 7) is 4.24. The van der Waals surface area contributed by atoms with Gasteiger partial charge in [-0.3, -0.25) is 4.79 Å². The number of H-pyrrole nitrogens is 1. The highest BCUT2D eigenvalue weighted by atomic mass is 16.5. The molecule has 1 amide bonds. The van der Waals surface area contributed by atoms with Crippen LogP contribution in [0.25, 0.3) is 10.9 Å². The molecule has 0 saturated carbocycles. The third-order valence-electron chi connectivity index (χ3n) is 5.69. The van der Waals surface area contributed by atoms with Gasteiger partial charge in [-0.2, -0.15) is 0 Å². The number of aromatic nitrogens is 1. The van der Waals surface area contributed by atoms with E-state index in [9.17, 15) is 9.59 Å². The minimum atomic E-state index is -0.881. The second kappa shape index (κ2) is 9.21. The van der Waals surface area contributed by atoms with Gasteiger partial charge in [0.1, 0.15) is 17.2 Å². The minimum Gasteiger partial charge on any atom is -0.497 e. The Morgan fingerprint density at radius 3 is 2.34 bits per heavy atom. The number of carbonyl (C=O) groups excluding carboxylic acids is 2. The number of carbonyl (C=O) groups is 2. The first-order valence-electron chi connectivity index (χ1n) is 10.5. The molecular formula is C24H27N3O5. The number of fused-ring (bicyclic) bond motifs is 1. The van der Waals surface area contributed by atoms with Crippen LogP contribution >= 0.6 is 0 Å². The highest BCUT2D eigenvalue weighted by Crippen LogP contribution is 2.31. The highest BCUT2D eigenvalue weighted by molar-refractivity contribution is 5.98. The van der Waals surface area contributed by atoms with Gasteiger partial charge in [-0.25, -0.2) is 4.79 Å². The molecule has 0 radical (unpaired) electrons. The lowest BCUT2D eigenvalue weighted by atomic mass is 10.2. The van der Waals surface area contributed by atoms with Gasteiger partial charge in [-0.05, 0) is 31.2 Å². The van der Waals surface area contributed by atoms with E-state index in [1.807, 2.05) is 18.2 Å². The average Bonchev–Trinajstić information content (AvgIpc) is 3.28. The molecule has 3 aromatic rings. The largest absolute Gasteiger partial charge is 0.497 e. The second-order valence-corrected chi connectivity index (χ2v) is 7.67. The fraction of sp³-hybridized carbons (Fsp3) is 0.333. The summed E-state index contributed by atoms with van der Waals surface area (Å²) in [5, 5.41) is 0.754. The molecular weight excluding hydrogens is 410 g/mol. The smallest absolute Gasteiger partial charge is 0.355 e. The normalized spacial score (nSPS) is 14.8. The Labute approximate surface area is 186 Å². The van der Waals surface area contributed by atoms with Crippen LogP contribution in [0.1, 0.15) is 17.4 Å². The lowest BCUT2D eigenvalue weighted by Gasteiger charge is -2.37. The standard InChI is InChI=1S/C24H27N3O5/c1-16(23(28)27-11-9-26(10-12-27)18-7-5-4-6-8-18)32-24(29)20-14-17-13-19(30-2)15-21(31-3)22(17)25-20/h4-8,13-16,25H,9-12H2,1-3H3. The van der Waals surface area contributed by atoms with E-state index in [0.29, 0.717) is 30.1 Å². The fourth-order valence-electron chi connectivity index (χ4n) is 3.93. The number of methoxy groups -OCH3 is 2. The van der Waals surface area contributed by atoms with Crippen LogP contribution in [0.5, 0.6) is 11.5 Å². The van der Waals surface area contributed by atoms with Crippen LogP contribution in [0.2, 0.25) is 0 Å². The van der Waals surface area contributed by atoms with Crippen molar-refractivity contribution in [1.29, 1.82) is 0 Å². The van der Waals surface area contributed by atoms with Crippen LogP contribution in [0.15, 0.2) is 48.5 Å². The van der Waals surface area contributed by atoms with Crippen LogP contribution in [0.4, 0.5) is 5.69 Å². The summed E-state index contributed by atoms with van der Waals surface area (Å²) in [4.78, 5) is 32.6. The first kappa shape index (κ1) is 21.5. The van der Waals surface area contributed by atoms with E-state index in [-0.39, 0.29) is 11.6 Å². The Bertz CT molecular complexity index is 1100. The molecule has 0 spiro atoms. The molecule has 1 aliphatic heterocycles. The third kappa shape index (κ3) is 4.34. The maximum Gasteiger partial charge on any atom is 0.355 e. The number of hydrogen-bond acceptors (Lipinski definition) is 6. The number of ether oxygens (including phenoxy) is 3. The van der Waals surface area contributed by atoms with Crippen molar-refractivity contribution in [1.82, 2.24) is 9.88 Å². The van der Waals surface area contributed by atoms with E-state index in [0.717, 1.165) is 24.2 Å². The molecule has 32 heavy (non-hydrogen) atoms. The zero-order valence-electron chi connectivity index (χ0n) is 18.5. The maximum atomic E-state index is 12.8. The Morgan fingerprint density at radius 2 is 1.69 bits per heavy atom. The number of esters is 1. The SMILES string of the molecule is COc1cc(OC)c2[nH]c(C(=O)OC(C)C(=O)N3CCN(c4ccccc4)CC3)cc2c1. The van der Waals surface area contributed by atoms with Crippen molar-refractivity contribution in [3.8, 4) is 11.5 Å². The van der Waals surface area contributed by atoms with Crippen molar-refractivity contribution in [2.45, 2.75) is 13.0 Å². The van der Waals surface area contributed by atoms with Crippen molar-refractivity contribution in [2.75, 3.05) is 45.3 Å². The predicted octanol–water partition coefficient (Wildman–Crippen LogP) is 3.08. The quantitative estimate of drug-likeness (QED) is 0.597. The fourth-order valence-corrected chi connectivity index (χ4v) is 3.93. The number of nitrogens with one attached hydrogen (secondary N) is 1. The molecule has 1 saturated heterocycles. The van der Waals surface area contributed by atoms with Gasteiger partial charge >= 0.3 is 5.97 Å². The molecule has 4 rings (SSSR count). The van der Waals surface area contributed by atoms with E-state index in [1.165, 1.54) is 0 Å². The Morgan fingerprint density at radius 1 is 0.969 bits per heavy atom. The first-order chi connectivity index (χ1) is 15.5. The summed E-state index contributed by atoms with van der Waals surface area (Å²) in [6.07, 6.45) is -0.881. The summed E-state index contributed by atoms with van der Waals surface area (Å²) in [6, 6.07) is 15.3. The number of aromatic amines is 1. The van der Waals surface area contributed by atoms with E-state index >= 15 is 0 Å². The molecule has 168 valence electrons. The average molecular weight is 437 g/mol. The van der Waals surface area contributed by atoms with Crippen LogP contribution < -0.4 is 14.4 Å². The number of benzene rings is 2. The molecule has 0 aliphatic carbocycles. The summed E-state index contributed by atoms with van der Waals surface area (Å²) < 4.78 is 16.1. The Balaban J connectivity index is 1.39. The molecule has 8 nitrogen and oxygen atoms in total. The van der Waals surface area contributed by atoms with Gasteiger partial charge in [0.05, 0.1) is 19.7 Å². The van der Waals surface area contributed by atoms with Crippen molar-refractivity contribution in [3.63, 3.8) is 0 Å². The van der Waals surface area contributed by atoms with Crippen LogP contribution in [-0.2, 0) is 9.53 Å². The molecule has 1 atom stereocenters. The second-order valence-electron chi connectivity index (χ2n) is 7.67. The maximum absolute atomic E-state index is 12.8. The molecule has 8 heteroatoms. The van der Waals surface area contributed by atoms with Gasteiger partial charge in [-0.1, -0.05) is 18.2 Å². The van der Waals surface area contributed by atoms with Gasteiger partial charge in [0.15, 0.2) is 6.10 Å². The third-order valence-corrected chi connectivity index (χ3v) is 5.69.